The van der Waals surface area contributed by atoms with Crippen LogP contribution in [0.4, 0.5) is 0 Å². The Balaban J connectivity index is 2.23. The van der Waals surface area contributed by atoms with Gasteiger partial charge in [0.1, 0.15) is 11.1 Å². The Morgan fingerprint density at radius 2 is 2.19 bits per heavy atom. The number of nitriles is 1. The van der Waals surface area contributed by atoms with Gasteiger partial charge in [0.15, 0.2) is 11.5 Å². The molecular formula is C19H19N3O3S. The number of rotatable bonds is 5. The van der Waals surface area contributed by atoms with Gasteiger partial charge in [-0.05, 0) is 48.9 Å². The Bertz CT molecular complexity index is 906. The molecule has 0 bridgehead atoms. The van der Waals surface area contributed by atoms with Gasteiger partial charge in [0.25, 0.3) is 0 Å². The van der Waals surface area contributed by atoms with Gasteiger partial charge in [-0.2, -0.15) is 5.26 Å². The lowest BCUT2D eigenvalue weighted by Gasteiger charge is -2.22. The number of hydrogen-bond donors (Lipinski definition) is 2. The summed E-state index contributed by atoms with van der Waals surface area (Å²) in [5.74, 6) is 0.00472. The van der Waals surface area contributed by atoms with Crippen LogP contribution < -0.4 is 10.5 Å². The molecule has 0 saturated heterocycles. The number of hydrogen-bond acceptors (Lipinski definition) is 6. The highest BCUT2D eigenvalue weighted by Crippen LogP contribution is 2.40. The molecule has 26 heavy (non-hydrogen) atoms. The smallest absolute Gasteiger partial charge is 0.227 e. The van der Waals surface area contributed by atoms with Crippen molar-refractivity contribution in [2.75, 3.05) is 12.9 Å². The van der Waals surface area contributed by atoms with Gasteiger partial charge in [-0.25, -0.2) is 4.98 Å². The van der Waals surface area contributed by atoms with Gasteiger partial charge >= 0.3 is 0 Å². The van der Waals surface area contributed by atoms with E-state index in [2.05, 4.69) is 11.1 Å². The molecule has 0 radical (unpaired) electrons. The number of primary amides is 1. The zero-order valence-electron chi connectivity index (χ0n) is 14.4. The molecule has 3 N–H and O–H groups in total. The summed E-state index contributed by atoms with van der Waals surface area (Å²) in [7, 11) is 1.49. The topological polar surface area (TPSA) is 109 Å². The number of aromatic hydroxyl groups is 1. The van der Waals surface area contributed by atoms with E-state index in [-0.39, 0.29) is 11.5 Å². The number of amides is 1. The Kier molecular flexibility index (Phi) is 5.33. The molecule has 1 aliphatic rings. The molecule has 1 heterocycles. The number of thioether (sulfide) groups is 1. The molecule has 2 aromatic rings. The lowest BCUT2D eigenvalue weighted by molar-refractivity contribution is -0.115. The van der Waals surface area contributed by atoms with Gasteiger partial charge in [-0.1, -0.05) is 17.8 Å². The van der Waals surface area contributed by atoms with Gasteiger partial charge in [0.2, 0.25) is 5.91 Å². The molecule has 1 aromatic heterocycles. The van der Waals surface area contributed by atoms with Crippen molar-refractivity contribution in [3.05, 3.63) is 35.0 Å². The molecule has 0 unspecified atom stereocenters. The van der Waals surface area contributed by atoms with Crippen molar-refractivity contribution < 1.29 is 14.6 Å². The van der Waals surface area contributed by atoms with Crippen LogP contribution in [0.2, 0.25) is 0 Å². The van der Waals surface area contributed by atoms with Gasteiger partial charge in [0, 0.05) is 11.3 Å². The van der Waals surface area contributed by atoms with E-state index in [0.717, 1.165) is 48.1 Å². The van der Waals surface area contributed by atoms with E-state index in [9.17, 15) is 15.2 Å². The van der Waals surface area contributed by atoms with Gasteiger partial charge in [-0.3, -0.25) is 4.79 Å². The average Bonchev–Trinajstić information content (AvgIpc) is 2.65. The van der Waals surface area contributed by atoms with E-state index in [1.807, 2.05) is 0 Å². The molecule has 0 spiro atoms. The van der Waals surface area contributed by atoms with Gasteiger partial charge < -0.3 is 15.6 Å². The molecule has 1 amide bonds. The number of phenolic OH excluding ortho intramolecular Hbond substituents is 1. The number of benzene rings is 1. The van der Waals surface area contributed by atoms with E-state index >= 15 is 0 Å². The number of aryl methyl sites for hydroxylation is 1. The summed E-state index contributed by atoms with van der Waals surface area (Å²) in [6, 6.07) is 7.30. The van der Waals surface area contributed by atoms with Crippen molar-refractivity contribution in [2.45, 2.75) is 30.7 Å². The van der Waals surface area contributed by atoms with Crippen molar-refractivity contribution >= 4 is 17.7 Å². The standard InChI is InChI=1S/C19H19N3O3S/c1-25-16-8-11(6-7-15(16)23)18-12-4-2-3-5-14(12)22-19(13(18)9-20)26-10-17(21)24/h6-8,23H,2-5,10H2,1H3,(H2,21,24). The van der Waals surface area contributed by atoms with Crippen LogP contribution in [-0.4, -0.2) is 28.9 Å². The summed E-state index contributed by atoms with van der Waals surface area (Å²) < 4.78 is 5.22. The van der Waals surface area contributed by atoms with Crippen LogP contribution in [0.1, 0.15) is 29.7 Å². The third kappa shape index (κ3) is 3.46. The maximum Gasteiger partial charge on any atom is 0.227 e. The third-order valence-corrected chi connectivity index (χ3v) is 5.37. The molecule has 3 rings (SSSR count). The Morgan fingerprint density at radius 1 is 1.42 bits per heavy atom. The third-order valence-electron chi connectivity index (χ3n) is 4.37. The number of phenols is 1. The minimum Gasteiger partial charge on any atom is -0.504 e. The first-order valence-corrected chi connectivity index (χ1v) is 9.28. The van der Waals surface area contributed by atoms with Crippen molar-refractivity contribution in [3.63, 3.8) is 0 Å². The Labute approximate surface area is 156 Å². The normalized spacial score (nSPS) is 12.9. The highest BCUT2D eigenvalue weighted by Gasteiger charge is 2.24. The number of carbonyl (C=O) groups excluding carboxylic acids is 1. The van der Waals surface area contributed by atoms with Crippen LogP contribution in [-0.2, 0) is 17.6 Å². The molecule has 0 atom stereocenters. The largest absolute Gasteiger partial charge is 0.504 e. The summed E-state index contributed by atoms with van der Waals surface area (Å²) in [5, 5.41) is 20.2. The second-order valence-electron chi connectivity index (χ2n) is 6.05. The minimum atomic E-state index is -0.453. The molecule has 0 saturated carbocycles. The Morgan fingerprint density at radius 3 is 2.88 bits per heavy atom. The lowest BCUT2D eigenvalue weighted by atomic mass is 9.87. The van der Waals surface area contributed by atoms with E-state index in [0.29, 0.717) is 16.3 Å². The monoisotopic (exact) mass is 369 g/mol. The highest BCUT2D eigenvalue weighted by molar-refractivity contribution is 8.00. The van der Waals surface area contributed by atoms with Crippen molar-refractivity contribution in [1.29, 1.82) is 5.26 Å². The molecule has 0 fully saturated rings. The van der Waals surface area contributed by atoms with E-state index in [1.165, 1.54) is 18.9 Å². The summed E-state index contributed by atoms with van der Waals surface area (Å²) in [4.78, 5) is 15.8. The molecule has 134 valence electrons. The molecule has 7 heteroatoms. The van der Waals surface area contributed by atoms with Crippen LogP contribution in [0, 0.1) is 11.3 Å². The van der Waals surface area contributed by atoms with E-state index in [1.54, 1.807) is 18.2 Å². The summed E-state index contributed by atoms with van der Waals surface area (Å²) in [5.41, 5.74) is 9.31. The molecule has 1 aromatic carbocycles. The number of nitrogens with two attached hydrogens (primary N) is 1. The fraction of sp³-hybridized carbons (Fsp3) is 0.316. The maximum atomic E-state index is 11.2. The first-order chi connectivity index (χ1) is 12.5. The quantitative estimate of drug-likeness (QED) is 0.784. The first kappa shape index (κ1) is 18.1. The fourth-order valence-corrected chi connectivity index (χ4v) is 3.96. The van der Waals surface area contributed by atoms with Crippen LogP contribution in [0.15, 0.2) is 23.2 Å². The predicted molar refractivity (Wildman–Crippen MR) is 99.2 cm³/mol. The van der Waals surface area contributed by atoms with Crippen molar-refractivity contribution in [3.8, 4) is 28.7 Å². The number of methoxy groups -OCH3 is 1. The average molecular weight is 369 g/mol. The van der Waals surface area contributed by atoms with E-state index < -0.39 is 5.91 Å². The number of carbonyl (C=O) groups is 1. The zero-order valence-corrected chi connectivity index (χ0v) is 15.2. The summed E-state index contributed by atoms with van der Waals surface area (Å²) >= 11 is 1.19. The number of ether oxygens (including phenoxy) is 1. The van der Waals surface area contributed by atoms with Crippen LogP contribution in [0.3, 0.4) is 0 Å². The van der Waals surface area contributed by atoms with Crippen LogP contribution >= 0.6 is 11.8 Å². The second-order valence-corrected chi connectivity index (χ2v) is 7.02. The zero-order chi connectivity index (χ0) is 18.7. The maximum absolute atomic E-state index is 11.2. The Hall–Kier alpha value is -2.72. The molecule has 1 aliphatic carbocycles. The number of nitrogens with zero attached hydrogens (tertiary/aromatic N) is 2. The number of fused-ring (bicyclic) bond motifs is 1. The molecular weight excluding hydrogens is 350 g/mol. The first-order valence-electron chi connectivity index (χ1n) is 8.29. The predicted octanol–water partition coefficient (Wildman–Crippen LogP) is 2.79. The lowest BCUT2D eigenvalue weighted by Crippen LogP contribution is -2.15. The van der Waals surface area contributed by atoms with Gasteiger partial charge in [-0.15, -0.1) is 0 Å². The number of aromatic nitrogens is 1. The highest BCUT2D eigenvalue weighted by atomic mass is 32.2. The summed E-state index contributed by atoms with van der Waals surface area (Å²) in [6.07, 6.45) is 3.77. The van der Waals surface area contributed by atoms with Crippen LogP contribution in [0.5, 0.6) is 11.5 Å². The van der Waals surface area contributed by atoms with Crippen molar-refractivity contribution in [1.82, 2.24) is 4.98 Å². The second kappa shape index (κ2) is 7.67. The fourth-order valence-electron chi connectivity index (χ4n) is 3.22. The van der Waals surface area contributed by atoms with E-state index in [4.69, 9.17) is 10.5 Å². The minimum absolute atomic E-state index is 0.0426. The molecule has 0 aliphatic heterocycles. The van der Waals surface area contributed by atoms with Gasteiger partial charge in [0.05, 0.1) is 18.4 Å². The number of pyridine rings is 1. The SMILES string of the molecule is COc1cc(-c2c(C#N)c(SCC(N)=O)nc3c2CCCC3)ccc1O. The molecule has 6 nitrogen and oxygen atoms in total. The van der Waals surface area contributed by atoms with Crippen molar-refractivity contribution in [2.24, 2.45) is 5.73 Å². The van der Waals surface area contributed by atoms with Crippen LogP contribution in [0.25, 0.3) is 11.1 Å². The summed E-state index contributed by atoms with van der Waals surface area (Å²) in [6.45, 7) is 0.